The van der Waals surface area contributed by atoms with Gasteiger partial charge in [0.1, 0.15) is 5.82 Å². The molecule has 1 saturated heterocycles. The number of halogens is 2. The van der Waals surface area contributed by atoms with Crippen LogP contribution in [0.25, 0.3) is 0 Å². The Morgan fingerprint density at radius 3 is 2.41 bits per heavy atom. The van der Waals surface area contributed by atoms with Gasteiger partial charge < -0.3 is 15.1 Å². The van der Waals surface area contributed by atoms with Crippen LogP contribution in [0.1, 0.15) is 0 Å². The summed E-state index contributed by atoms with van der Waals surface area (Å²) in [7, 11) is 1.83. The van der Waals surface area contributed by atoms with E-state index in [1.165, 1.54) is 12.1 Å². The fourth-order valence-corrected chi connectivity index (χ4v) is 2.73. The lowest BCUT2D eigenvalue weighted by molar-refractivity contribution is 0.373. The third-order valence-electron chi connectivity index (χ3n) is 3.57. The molecule has 124 valence electrons. The van der Waals surface area contributed by atoms with Crippen molar-refractivity contribution < 1.29 is 4.39 Å². The predicted octanol–water partition coefficient (Wildman–Crippen LogP) is 2.50. The van der Waals surface area contributed by atoms with E-state index in [1.54, 1.807) is 0 Å². The number of anilines is 1. The van der Waals surface area contributed by atoms with Crippen LogP contribution in [-0.4, -0.2) is 62.6 Å². The molecule has 1 aliphatic heterocycles. The Morgan fingerprint density at radius 2 is 1.86 bits per heavy atom. The maximum absolute atomic E-state index is 13.0. The molecule has 7 heteroatoms. The summed E-state index contributed by atoms with van der Waals surface area (Å²) >= 11 is 1.82. The number of hydrogen-bond acceptors (Lipinski definition) is 3. The van der Waals surface area contributed by atoms with Crippen molar-refractivity contribution in [1.82, 2.24) is 10.2 Å². The summed E-state index contributed by atoms with van der Waals surface area (Å²) in [4.78, 5) is 8.91. The van der Waals surface area contributed by atoms with Crippen molar-refractivity contribution in [2.24, 2.45) is 4.99 Å². The van der Waals surface area contributed by atoms with E-state index in [2.05, 4.69) is 26.4 Å². The molecule has 22 heavy (non-hydrogen) atoms. The van der Waals surface area contributed by atoms with Crippen LogP contribution in [0, 0.1) is 5.82 Å². The maximum Gasteiger partial charge on any atom is 0.193 e. The summed E-state index contributed by atoms with van der Waals surface area (Å²) in [6, 6.07) is 6.72. The summed E-state index contributed by atoms with van der Waals surface area (Å²) < 4.78 is 13.0. The van der Waals surface area contributed by atoms with E-state index in [4.69, 9.17) is 0 Å². The van der Waals surface area contributed by atoms with Gasteiger partial charge >= 0.3 is 0 Å². The molecule has 1 fully saturated rings. The topological polar surface area (TPSA) is 30.9 Å². The van der Waals surface area contributed by atoms with E-state index >= 15 is 0 Å². The lowest BCUT2D eigenvalue weighted by Crippen LogP contribution is -2.52. The lowest BCUT2D eigenvalue weighted by atomic mass is 10.2. The van der Waals surface area contributed by atoms with Crippen molar-refractivity contribution in [3.05, 3.63) is 30.1 Å². The average Bonchev–Trinajstić information content (AvgIpc) is 2.53. The highest BCUT2D eigenvalue weighted by Gasteiger charge is 2.19. The second kappa shape index (κ2) is 10.1. The first-order valence-corrected chi connectivity index (χ1v) is 8.59. The van der Waals surface area contributed by atoms with Crippen LogP contribution in [0.4, 0.5) is 10.1 Å². The first-order chi connectivity index (χ1) is 10.2. The normalized spacial score (nSPS) is 15.5. The Bertz CT molecular complexity index is 461. The highest BCUT2D eigenvalue weighted by Crippen LogP contribution is 2.16. The van der Waals surface area contributed by atoms with Crippen LogP contribution in [0.5, 0.6) is 0 Å². The summed E-state index contributed by atoms with van der Waals surface area (Å²) in [5, 5.41) is 3.39. The van der Waals surface area contributed by atoms with Crippen molar-refractivity contribution in [2.45, 2.75) is 0 Å². The van der Waals surface area contributed by atoms with Crippen molar-refractivity contribution in [1.29, 1.82) is 0 Å². The summed E-state index contributed by atoms with van der Waals surface area (Å²) in [6.45, 7) is 4.64. The highest BCUT2D eigenvalue weighted by molar-refractivity contribution is 14.0. The van der Waals surface area contributed by atoms with Crippen LogP contribution in [0.15, 0.2) is 29.3 Å². The second-order valence-electron chi connectivity index (χ2n) is 4.92. The van der Waals surface area contributed by atoms with Gasteiger partial charge in [-0.1, -0.05) is 0 Å². The van der Waals surface area contributed by atoms with Gasteiger partial charge in [0.2, 0.25) is 0 Å². The minimum atomic E-state index is -0.184. The highest BCUT2D eigenvalue weighted by atomic mass is 127. The monoisotopic (exact) mass is 438 g/mol. The van der Waals surface area contributed by atoms with Gasteiger partial charge in [0.15, 0.2) is 5.96 Å². The molecule has 0 spiro atoms. The van der Waals surface area contributed by atoms with Gasteiger partial charge in [-0.3, -0.25) is 4.99 Å². The molecule has 0 bridgehead atoms. The third kappa shape index (κ3) is 5.49. The Hall–Kier alpha value is -0.700. The van der Waals surface area contributed by atoms with Crippen molar-refractivity contribution in [3.8, 4) is 0 Å². The predicted molar refractivity (Wildman–Crippen MR) is 105 cm³/mol. The first-order valence-electron chi connectivity index (χ1n) is 7.19. The Balaban J connectivity index is 0.00000242. The number of hydrogen-bond donors (Lipinski definition) is 1. The average molecular weight is 438 g/mol. The zero-order chi connectivity index (χ0) is 15.1. The zero-order valence-corrected chi connectivity index (χ0v) is 16.2. The van der Waals surface area contributed by atoms with Crippen molar-refractivity contribution in [3.63, 3.8) is 0 Å². The molecule has 4 nitrogen and oxygen atoms in total. The molecule has 1 aromatic carbocycles. The number of aliphatic imine (C=N–C) groups is 1. The van der Waals surface area contributed by atoms with Gasteiger partial charge in [0, 0.05) is 51.2 Å². The Labute approximate surface area is 153 Å². The van der Waals surface area contributed by atoms with Crippen LogP contribution in [-0.2, 0) is 0 Å². The SMILES string of the molecule is CN=C(NCCSC)N1CCN(c2ccc(F)cc2)CC1.I. The quantitative estimate of drug-likeness (QED) is 0.339. The van der Waals surface area contributed by atoms with Crippen LogP contribution in [0.2, 0.25) is 0 Å². The zero-order valence-electron chi connectivity index (χ0n) is 13.1. The number of rotatable bonds is 4. The standard InChI is InChI=1S/C15H23FN4S.HI/c1-17-15(18-7-12-21-2)20-10-8-19(9-11-20)14-5-3-13(16)4-6-14;/h3-6H,7-12H2,1-2H3,(H,17,18);1H. The van der Waals surface area contributed by atoms with E-state index in [1.807, 2.05) is 30.9 Å². The van der Waals surface area contributed by atoms with Gasteiger partial charge in [0.25, 0.3) is 0 Å². The number of guanidine groups is 1. The molecule has 0 aromatic heterocycles. The molecule has 1 heterocycles. The van der Waals surface area contributed by atoms with Gasteiger partial charge in [-0.2, -0.15) is 11.8 Å². The Kier molecular flexibility index (Phi) is 8.92. The molecule has 1 aromatic rings. The minimum absolute atomic E-state index is 0. The molecular weight excluding hydrogens is 414 g/mol. The minimum Gasteiger partial charge on any atom is -0.368 e. The number of thioether (sulfide) groups is 1. The molecule has 1 aliphatic rings. The van der Waals surface area contributed by atoms with Crippen molar-refractivity contribution in [2.75, 3.05) is 56.7 Å². The first kappa shape index (κ1) is 19.3. The molecule has 0 unspecified atom stereocenters. The molecule has 0 radical (unpaired) electrons. The fourth-order valence-electron chi connectivity index (χ4n) is 2.43. The molecule has 0 atom stereocenters. The molecular formula is C15H24FIN4S. The van der Waals surface area contributed by atoms with Crippen LogP contribution < -0.4 is 10.2 Å². The van der Waals surface area contributed by atoms with E-state index < -0.39 is 0 Å². The van der Waals surface area contributed by atoms with E-state index in [9.17, 15) is 4.39 Å². The van der Waals surface area contributed by atoms with Gasteiger partial charge in [0.05, 0.1) is 0 Å². The number of nitrogens with zero attached hydrogens (tertiary/aromatic N) is 3. The number of nitrogens with one attached hydrogen (secondary N) is 1. The van der Waals surface area contributed by atoms with Gasteiger partial charge in [-0.15, -0.1) is 24.0 Å². The fraction of sp³-hybridized carbons (Fsp3) is 0.533. The summed E-state index contributed by atoms with van der Waals surface area (Å²) in [5.74, 6) is 1.87. The smallest absolute Gasteiger partial charge is 0.193 e. The van der Waals surface area contributed by atoms with Gasteiger partial charge in [-0.25, -0.2) is 4.39 Å². The number of benzene rings is 1. The van der Waals surface area contributed by atoms with Crippen molar-refractivity contribution >= 4 is 47.4 Å². The maximum atomic E-state index is 13.0. The van der Waals surface area contributed by atoms with E-state index in [0.29, 0.717) is 0 Å². The van der Waals surface area contributed by atoms with Crippen LogP contribution >= 0.6 is 35.7 Å². The summed E-state index contributed by atoms with van der Waals surface area (Å²) in [5.41, 5.74) is 1.08. The molecule has 0 aliphatic carbocycles. The van der Waals surface area contributed by atoms with E-state index in [-0.39, 0.29) is 29.8 Å². The summed E-state index contributed by atoms with van der Waals surface area (Å²) in [6.07, 6.45) is 2.10. The van der Waals surface area contributed by atoms with Gasteiger partial charge in [-0.05, 0) is 30.5 Å². The van der Waals surface area contributed by atoms with E-state index in [0.717, 1.165) is 50.1 Å². The largest absolute Gasteiger partial charge is 0.368 e. The molecule has 0 saturated carbocycles. The lowest BCUT2D eigenvalue weighted by Gasteiger charge is -2.37. The van der Waals surface area contributed by atoms with Crippen LogP contribution in [0.3, 0.4) is 0 Å². The molecule has 0 amide bonds. The molecule has 2 rings (SSSR count). The number of piperazine rings is 1. The third-order valence-corrected chi connectivity index (χ3v) is 4.18. The molecule has 1 N–H and O–H groups in total. The Morgan fingerprint density at radius 1 is 1.23 bits per heavy atom. The second-order valence-corrected chi connectivity index (χ2v) is 5.90.